The zero-order chi connectivity index (χ0) is 16.4. The van der Waals surface area contributed by atoms with Gasteiger partial charge in [0.1, 0.15) is 0 Å². The minimum atomic E-state index is -0.444. The van der Waals surface area contributed by atoms with Gasteiger partial charge in [-0.05, 0) is 32.2 Å². The van der Waals surface area contributed by atoms with Crippen molar-refractivity contribution in [3.05, 3.63) is 45.3 Å². The van der Waals surface area contributed by atoms with Crippen molar-refractivity contribution in [2.45, 2.75) is 6.92 Å². The van der Waals surface area contributed by atoms with Crippen LogP contribution in [0.15, 0.2) is 35.2 Å². The third-order valence-electron chi connectivity index (χ3n) is 2.89. The Morgan fingerprint density at radius 1 is 1.45 bits per heavy atom. The number of allylic oxidation sites excluding steroid dienone is 3. The Bertz CT molecular complexity index is 459. The molecule has 0 saturated heterocycles. The van der Waals surface area contributed by atoms with E-state index in [1.807, 2.05) is 0 Å². The molecule has 0 amide bonds. The maximum atomic E-state index is 10.3. The van der Waals surface area contributed by atoms with Gasteiger partial charge in [-0.2, -0.15) is 11.8 Å². The summed E-state index contributed by atoms with van der Waals surface area (Å²) in [5.74, 6) is 1.82. The minimum Gasteiger partial charge on any atom is -0.383 e. The number of nitrogens with zero attached hydrogens (tertiary/aromatic N) is 2. The lowest BCUT2D eigenvalue weighted by Crippen LogP contribution is -2.17. The second-order valence-corrected chi connectivity index (χ2v) is 6.56. The van der Waals surface area contributed by atoms with Gasteiger partial charge in [-0.15, -0.1) is 0 Å². The van der Waals surface area contributed by atoms with Crippen LogP contribution in [-0.4, -0.2) is 61.7 Å². The van der Waals surface area contributed by atoms with E-state index in [-0.39, 0.29) is 0 Å². The number of hydrogen-bond donors (Lipinski definition) is 1. The van der Waals surface area contributed by atoms with E-state index in [0.717, 1.165) is 30.8 Å². The van der Waals surface area contributed by atoms with Gasteiger partial charge in [-0.25, -0.2) is 0 Å². The molecule has 22 heavy (non-hydrogen) atoms. The molecule has 0 unspecified atom stereocenters. The number of thioether (sulfide) groups is 1. The van der Waals surface area contributed by atoms with Crippen molar-refractivity contribution in [3.8, 4) is 0 Å². The monoisotopic (exact) mass is 327 g/mol. The third kappa shape index (κ3) is 8.86. The molecular formula is C15H25N3O3S. The zero-order valence-corrected chi connectivity index (χ0v) is 14.3. The molecule has 6 nitrogen and oxygen atoms in total. The summed E-state index contributed by atoms with van der Waals surface area (Å²) < 4.78 is 5.68. The van der Waals surface area contributed by atoms with Crippen molar-refractivity contribution >= 4 is 11.8 Å². The smallest absolute Gasteiger partial charge is 0.252 e. The Labute approximate surface area is 136 Å². The minimum absolute atomic E-state index is 0.444. The maximum Gasteiger partial charge on any atom is 0.252 e. The topological polar surface area (TPSA) is 67.6 Å². The highest BCUT2D eigenvalue weighted by molar-refractivity contribution is 7.99. The van der Waals surface area contributed by atoms with E-state index in [9.17, 15) is 10.1 Å². The van der Waals surface area contributed by atoms with Crippen LogP contribution >= 0.6 is 11.8 Å². The van der Waals surface area contributed by atoms with E-state index in [0.29, 0.717) is 18.9 Å². The number of nitro groups is 1. The SMILES string of the molecule is C/C(=C/[N+](=O)[O-])NCCSCC1=CC=C(CN(C)C)COC1. The zero-order valence-electron chi connectivity index (χ0n) is 13.5. The molecule has 0 bridgehead atoms. The normalized spacial score (nSPS) is 16.1. The molecular weight excluding hydrogens is 302 g/mol. The van der Waals surface area contributed by atoms with Crippen LogP contribution in [0.1, 0.15) is 6.92 Å². The van der Waals surface area contributed by atoms with Gasteiger partial charge in [0.05, 0.1) is 23.8 Å². The molecule has 0 aromatic heterocycles. The molecule has 0 aromatic rings. The predicted molar refractivity (Wildman–Crippen MR) is 91.6 cm³/mol. The molecule has 1 heterocycles. The first-order chi connectivity index (χ1) is 10.5. The molecule has 1 aliphatic heterocycles. The van der Waals surface area contributed by atoms with Crippen LogP contribution in [0.5, 0.6) is 0 Å². The first-order valence-corrected chi connectivity index (χ1v) is 8.36. The van der Waals surface area contributed by atoms with Gasteiger partial charge in [0.2, 0.25) is 0 Å². The maximum absolute atomic E-state index is 10.3. The highest BCUT2D eigenvalue weighted by Crippen LogP contribution is 2.13. The fraction of sp³-hybridized carbons (Fsp3) is 0.600. The summed E-state index contributed by atoms with van der Waals surface area (Å²) in [6, 6.07) is 0. The number of ether oxygens (including phenoxy) is 1. The fourth-order valence-electron chi connectivity index (χ4n) is 1.97. The largest absolute Gasteiger partial charge is 0.383 e. The summed E-state index contributed by atoms with van der Waals surface area (Å²) in [4.78, 5) is 12.0. The van der Waals surface area contributed by atoms with E-state index in [2.05, 4.69) is 36.5 Å². The summed E-state index contributed by atoms with van der Waals surface area (Å²) in [6.07, 6.45) is 5.30. The lowest BCUT2D eigenvalue weighted by atomic mass is 10.2. The van der Waals surface area contributed by atoms with Crippen molar-refractivity contribution in [3.63, 3.8) is 0 Å². The molecule has 0 spiro atoms. The van der Waals surface area contributed by atoms with Crippen molar-refractivity contribution in [1.82, 2.24) is 10.2 Å². The van der Waals surface area contributed by atoms with Gasteiger partial charge in [0.25, 0.3) is 6.20 Å². The molecule has 0 aliphatic carbocycles. The van der Waals surface area contributed by atoms with Crippen molar-refractivity contribution < 1.29 is 9.66 Å². The van der Waals surface area contributed by atoms with Gasteiger partial charge in [0, 0.05) is 24.6 Å². The van der Waals surface area contributed by atoms with E-state index < -0.39 is 4.92 Å². The summed E-state index contributed by atoms with van der Waals surface area (Å²) in [7, 11) is 4.10. The number of hydrogen-bond acceptors (Lipinski definition) is 6. The van der Waals surface area contributed by atoms with E-state index in [1.165, 1.54) is 11.1 Å². The average molecular weight is 327 g/mol. The molecule has 0 radical (unpaired) electrons. The quantitative estimate of drug-likeness (QED) is 0.396. The Hall–Kier alpha value is -1.31. The second-order valence-electron chi connectivity index (χ2n) is 5.46. The predicted octanol–water partition coefficient (Wildman–Crippen LogP) is 1.89. The van der Waals surface area contributed by atoms with Gasteiger partial charge in [-0.1, -0.05) is 12.2 Å². The van der Waals surface area contributed by atoms with Gasteiger partial charge in [0.15, 0.2) is 0 Å². The first kappa shape index (κ1) is 18.7. The highest BCUT2D eigenvalue weighted by Gasteiger charge is 2.06. The second kappa shape index (κ2) is 10.4. The Morgan fingerprint density at radius 2 is 2.14 bits per heavy atom. The van der Waals surface area contributed by atoms with Crippen LogP contribution in [-0.2, 0) is 4.74 Å². The third-order valence-corrected chi connectivity index (χ3v) is 3.95. The first-order valence-electron chi connectivity index (χ1n) is 7.21. The summed E-state index contributed by atoms with van der Waals surface area (Å²) in [5, 5.41) is 13.3. The van der Waals surface area contributed by atoms with Crippen LogP contribution < -0.4 is 5.32 Å². The lowest BCUT2D eigenvalue weighted by Gasteiger charge is -2.12. The van der Waals surface area contributed by atoms with Crippen molar-refractivity contribution in [1.29, 1.82) is 0 Å². The Morgan fingerprint density at radius 3 is 2.82 bits per heavy atom. The van der Waals surface area contributed by atoms with Crippen molar-refractivity contribution in [2.24, 2.45) is 0 Å². The Balaban J connectivity index is 2.25. The van der Waals surface area contributed by atoms with Gasteiger partial charge < -0.3 is 15.0 Å². The summed E-state index contributed by atoms with van der Waals surface area (Å²) in [5.41, 5.74) is 3.14. The Kier molecular flexibility index (Phi) is 8.88. The van der Waals surface area contributed by atoms with Crippen LogP contribution in [0.3, 0.4) is 0 Å². The van der Waals surface area contributed by atoms with Crippen LogP contribution in [0.4, 0.5) is 0 Å². The number of rotatable bonds is 9. The van der Waals surface area contributed by atoms with Gasteiger partial charge >= 0.3 is 0 Å². The standard InChI is InChI=1S/C15H25N3O3S/c1-13(8-18(19)20)16-6-7-22-12-15-5-4-14(9-17(2)3)10-21-11-15/h4-5,8,16H,6-7,9-12H2,1-3H3/b13-8-. The van der Waals surface area contributed by atoms with Crippen LogP contribution in [0.25, 0.3) is 0 Å². The molecule has 0 fully saturated rings. The van der Waals surface area contributed by atoms with E-state index in [4.69, 9.17) is 4.74 Å². The molecule has 0 saturated carbocycles. The summed E-state index contributed by atoms with van der Waals surface area (Å²) >= 11 is 1.80. The molecule has 0 aromatic carbocycles. The van der Waals surface area contributed by atoms with Crippen molar-refractivity contribution in [2.75, 3.05) is 51.9 Å². The molecule has 1 aliphatic rings. The van der Waals surface area contributed by atoms with Crippen LogP contribution in [0, 0.1) is 10.1 Å². The molecule has 7 heteroatoms. The fourth-order valence-corrected chi connectivity index (χ4v) is 2.80. The van der Waals surface area contributed by atoms with Gasteiger partial charge in [-0.3, -0.25) is 10.1 Å². The lowest BCUT2D eigenvalue weighted by molar-refractivity contribution is -0.403. The average Bonchev–Trinajstić information content (AvgIpc) is 2.62. The molecule has 1 N–H and O–H groups in total. The highest BCUT2D eigenvalue weighted by atomic mass is 32.2. The number of likely N-dealkylation sites (N-methyl/N-ethyl adjacent to an activating group) is 1. The molecule has 0 atom stereocenters. The van der Waals surface area contributed by atoms with Crippen LogP contribution in [0.2, 0.25) is 0 Å². The molecule has 124 valence electrons. The number of nitrogens with one attached hydrogen (secondary N) is 1. The van der Waals surface area contributed by atoms with E-state index >= 15 is 0 Å². The summed E-state index contributed by atoms with van der Waals surface area (Å²) in [6.45, 7) is 4.70. The van der Waals surface area contributed by atoms with E-state index in [1.54, 1.807) is 18.7 Å². The molecule has 1 rings (SSSR count).